The van der Waals surface area contributed by atoms with Gasteiger partial charge in [-0.2, -0.15) is 0 Å². The van der Waals surface area contributed by atoms with E-state index in [1.165, 1.54) is 12.5 Å². The lowest BCUT2D eigenvalue weighted by Crippen LogP contribution is -2.54. The van der Waals surface area contributed by atoms with Gasteiger partial charge in [0.05, 0.1) is 0 Å². The summed E-state index contributed by atoms with van der Waals surface area (Å²) in [4.78, 5) is 27.5. The average molecular weight is 514 g/mol. The van der Waals surface area contributed by atoms with Gasteiger partial charge in [-0.1, -0.05) is 85.3 Å². The van der Waals surface area contributed by atoms with Gasteiger partial charge in [-0.15, -0.1) is 0 Å². The summed E-state index contributed by atoms with van der Waals surface area (Å²) >= 11 is 0. The van der Waals surface area contributed by atoms with E-state index in [4.69, 9.17) is 4.74 Å². The fourth-order valence-electron chi connectivity index (χ4n) is 5.09. The van der Waals surface area contributed by atoms with Gasteiger partial charge < -0.3 is 20.3 Å². The molecule has 6 heteroatoms. The Morgan fingerprint density at radius 2 is 1.76 bits per heavy atom. The van der Waals surface area contributed by atoms with E-state index < -0.39 is 6.23 Å². The molecule has 0 aliphatic carbocycles. The first-order valence-electron chi connectivity index (χ1n) is 13.5. The first-order chi connectivity index (χ1) is 18.4. The molecule has 3 aromatic rings. The van der Waals surface area contributed by atoms with Crippen molar-refractivity contribution in [3.05, 3.63) is 101 Å². The highest BCUT2D eigenvalue weighted by molar-refractivity contribution is 5.77. The fourth-order valence-corrected chi connectivity index (χ4v) is 5.09. The van der Waals surface area contributed by atoms with Crippen molar-refractivity contribution in [3.8, 4) is 5.75 Å². The van der Waals surface area contributed by atoms with Crippen LogP contribution in [0.4, 0.5) is 0 Å². The summed E-state index contributed by atoms with van der Waals surface area (Å²) in [5, 5.41) is 6.41. The number of hydrogen-bond donors (Lipinski definition) is 2. The zero-order valence-electron chi connectivity index (χ0n) is 22.7. The van der Waals surface area contributed by atoms with E-state index in [1.54, 1.807) is 0 Å². The lowest BCUT2D eigenvalue weighted by molar-refractivity contribution is -0.134. The number of amides is 2. The molecule has 6 nitrogen and oxygen atoms in total. The third kappa shape index (κ3) is 7.45. The molecule has 3 atom stereocenters. The summed E-state index contributed by atoms with van der Waals surface area (Å²) in [6.07, 6.45) is 1.29. The quantitative estimate of drug-likeness (QED) is 0.388. The van der Waals surface area contributed by atoms with E-state index in [0.29, 0.717) is 25.1 Å². The van der Waals surface area contributed by atoms with Crippen molar-refractivity contribution in [1.29, 1.82) is 0 Å². The minimum atomic E-state index is -0.532. The summed E-state index contributed by atoms with van der Waals surface area (Å²) in [7, 11) is 0. The van der Waals surface area contributed by atoms with Gasteiger partial charge in [-0.25, -0.2) is 0 Å². The first kappa shape index (κ1) is 27.4. The van der Waals surface area contributed by atoms with Crippen LogP contribution in [0.2, 0.25) is 0 Å². The second-order valence-corrected chi connectivity index (χ2v) is 10.2. The van der Waals surface area contributed by atoms with Crippen LogP contribution < -0.4 is 15.4 Å². The molecule has 4 rings (SSSR count). The zero-order chi connectivity index (χ0) is 26.9. The molecule has 1 saturated heterocycles. The summed E-state index contributed by atoms with van der Waals surface area (Å²) in [5.41, 5.74) is 4.41. The second-order valence-electron chi connectivity index (χ2n) is 10.2. The number of piperazine rings is 1. The molecule has 1 heterocycles. The molecule has 2 N–H and O–H groups in total. The van der Waals surface area contributed by atoms with Crippen LogP contribution in [0.3, 0.4) is 0 Å². The molecule has 0 aromatic heterocycles. The van der Waals surface area contributed by atoms with Crippen molar-refractivity contribution in [2.24, 2.45) is 0 Å². The molecular weight excluding hydrogens is 474 g/mol. The molecule has 0 bridgehead atoms. The van der Waals surface area contributed by atoms with Crippen LogP contribution in [-0.4, -0.2) is 48.6 Å². The van der Waals surface area contributed by atoms with Gasteiger partial charge in [-0.3, -0.25) is 9.59 Å². The van der Waals surface area contributed by atoms with Crippen LogP contribution in [0, 0.1) is 6.92 Å². The molecule has 1 aliphatic heterocycles. The lowest BCUT2D eigenvalue weighted by Gasteiger charge is -2.36. The summed E-state index contributed by atoms with van der Waals surface area (Å²) < 4.78 is 6.44. The number of hydrogen-bond acceptors (Lipinski definition) is 4. The number of aryl methyl sites for hydroxylation is 2. The molecule has 38 heavy (non-hydrogen) atoms. The summed E-state index contributed by atoms with van der Waals surface area (Å²) in [6.45, 7) is 7.92. The maximum absolute atomic E-state index is 13.4. The molecule has 0 radical (unpaired) electrons. The number of nitrogens with zero attached hydrogens (tertiary/aromatic N) is 1. The predicted molar refractivity (Wildman–Crippen MR) is 151 cm³/mol. The van der Waals surface area contributed by atoms with E-state index >= 15 is 0 Å². The van der Waals surface area contributed by atoms with E-state index in [0.717, 1.165) is 36.2 Å². The minimum Gasteiger partial charge on any atom is -0.470 e. The van der Waals surface area contributed by atoms with Gasteiger partial charge in [0, 0.05) is 44.9 Å². The summed E-state index contributed by atoms with van der Waals surface area (Å²) in [5.74, 6) is 0.655. The lowest BCUT2D eigenvalue weighted by atomic mass is 9.99. The molecule has 0 saturated carbocycles. The highest BCUT2D eigenvalue weighted by Gasteiger charge is 2.27. The van der Waals surface area contributed by atoms with Gasteiger partial charge in [-0.05, 0) is 42.5 Å². The smallest absolute Gasteiger partial charge is 0.223 e. The van der Waals surface area contributed by atoms with Crippen LogP contribution in [0.25, 0.3) is 0 Å². The zero-order valence-corrected chi connectivity index (χ0v) is 22.7. The maximum atomic E-state index is 13.4. The number of rotatable bonds is 10. The average Bonchev–Trinajstić information content (AvgIpc) is 2.93. The minimum absolute atomic E-state index is 0.0597. The molecular formula is C32H39N3O3. The Labute approximate surface area is 226 Å². The van der Waals surface area contributed by atoms with Crippen molar-refractivity contribution >= 4 is 11.8 Å². The van der Waals surface area contributed by atoms with Crippen molar-refractivity contribution in [1.82, 2.24) is 15.5 Å². The van der Waals surface area contributed by atoms with Crippen molar-refractivity contribution in [2.45, 2.75) is 58.2 Å². The number of benzene rings is 3. The van der Waals surface area contributed by atoms with Crippen molar-refractivity contribution < 1.29 is 14.3 Å². The number of carbonyl (C=O) groups is 2. The van der Waals surface area contributed by atoms with E-state index in [1.807, 2.05) is 79.4 Å². The Morgan fingerprint density at radius 3 is 2.47 bits per heavy atom. The topological polar surface area (TPSA) is 70.7 Å². The Morgan fingerprint density at radius 1 is 1.05 bits per heavy atom. The Kier molecular flexibility index (Phi) is 9.55. The molecule has 1 aliphatic rings. The molecule has 1 fully saturated rings. The standard InChI is InChI=1S/C32H39N3O3/c1-23-14-16-30(38-32(34-25(3)36)24(2)27-12-8-5-9-13-27)28(20-23)15-17-31(37)35-19-18-33-22-29(35)21-26-10-6-4-7-11-26/h4-14,16,20,24,29,32-33H,15,17-19,21-22H2,1-3H3,(H,34,36). The fraction of sp³-hybridized carbons (Fsp3) is 0.375. The van der Waals surface area contributed by atoms with Crippen molar-refractivity contribution in [2.75, 3.05) is 19.6 Å². The SMILES string of the molecule is CC(=O)NC(Oc1ccc(C)cc1CCC(=O)N1CCNCC1Cc1ccccc1)C(C)c1ccccc1. The van der Waals surface area contributed by atoms with Crippen LogP contribution in [0.15, 0.2) is 78.9 Å². The number of carbonyl (C=O) groups excluding carboxylic acids is 2. The van der Waals surface area contributed by atoms with Crippen LogP contribution in [0.5, 0.6) is 5.75 Å². The molecule has 0 spiro atoms. The molecule has 3 unspecified atom stereocenters. The van der Waals surface area contributed by atoms with Crippen molar-refractivity contribution in [3.63, 3.8) is 0 Å². The van der Waals surface area contributed by atoms with Gasteiger partial charge in [0.15, 0.2) is 6.23 Å². The van der Waals surface area contributed by atoms with Crippen LogP contribution in [-0.2, 0) is 22.4 Å². The Hall–Kier alpha value is -3.64. The molecule has 200 valence electrons. The van der Waals surface area contributed by atoms with Crippen LogP contribution in [0.1, 0.15) is 48.4 Å². The van der Waals surface area contributed by atoms with E-state index in [9.17, 15) is 9.59 Å². The largest absolute Gasteiger partial charge is 0.470 e. The highest BCUT2D eigenvalue weighted by atomic mass is 16.5. The Bertz CT molecular complexity index is 1200. The summed E-state index contributed by atoms with van der Waals surface area (Å²) in [6, 6.07) is 26.6. The highest BCUT2D eigenvalue weighted by Crippen LogP contribution is 2.27. The molecule has 2 amide bonds. The third-order valence-corrected chi connectivity index (χ3v) is 7.19. The first-order valence-corrected chi connectivity index (χ1v) is 13.5. The Balaban J connectivity index is 1.47. The van der Waals surface area contributed by atoms with Gasteiger partial charge in [0.2, 0.25) is 11.8 Å². The van der Waals surface area contributed by atoms with Crippen LogP contribution >= 0.6 is 0 Å². The van der Waals surface area contributed by atoms with E-state index in [2.05, 4.69) is 28.8 Å². The number of nitrogens with one attached hydrogen (secondary N) is 2. The third-order valence-electron chi connectivity index (χ3n) is 7.19. The molecule has 3 aromatic carbocycles. The number of ether oxygens (including phenoxy) is 1. The second kappa shape index (κ2) is 13.2. The normalized spacial score (nSPS) is 16.9. The van der Waals surface area contributed by atoms with Gasteiger partial charge in [0.1, 0.15) is 5.75 Å². The van der Waals surface area contributed by atoms with Gasteiger partial charge in [0.25, 0.3) is 0 Å². The van der Waals surface area contributed by atoms with Gasteiger partial charge >= 0.3 is 0 Å². The monoisotopic (exact) mass is 513 g/mol. The van der Waals surface area contributed by atoms with E-state index in [-0.39, 0.29) is 23.8 Å². The maximum Gasteiger partial charge on any atom is 0.223 e. The predicted octanol–water partition coefficient (Wildman–Crippen LogP) is 4.62.